The average Bonchev–Trinajstić information content (AvgIpc) is 2.43. The lowest BCUT2D eigenvalue weighted by atomic mass is 9.90. The van der Waals surface area contributed by atoms with Crippen LogP contribution in [0.5, 0.6) is 0 Å². The van der Waals surface area contributed by atoms with Crippen LogP contribution in [-0.4, -0.2) is 53.6 Å². The van der Waals surface area contributed by atoms with Crippen molar-refractivity contribution >= 4 is 6.09 Å². The highest BCUT2D eigenvalue weighted by Crippen LogP contribution is 2.30. The van der Waals surface area contributed by atoms with Gasteiger partial charge in [-0.15, -0.1) is 0 Å². The fourth-order valence-electron chi connectivity index (χ4n) is 2.46. The van der Waals surface area contributed by atoms with E-state index in [1.54, 1.807) is 4.90 Å². The Labute approximate surface area is 128 Å². The van der Waals surface area contributed by atoms with E-state index in [1.807, 2.05) is 27.7 Å². The topological polar surface area (TPSA) is 59.0 Å². The molecule has 0 radical (unpaired) electrons. The number of nitrogens with zero attached hydrogens (tertiary/aromatic N) is 1. The molecule has 5 heteroatoms. The summed E-state index contributed by atoms with van der Waals surface area (Å²) in [5, 5.41) is 9.12. The zero-order valence-electron chi connectivity index (χ0n) is 14.1. The normalized spacial score (nSPS) is 24.8. The van der Waals surface area contributed by atoms with Crippen LogP contribution in [-0.2, 0) is 9.47 Å². The second-order valence-electron chi connectivity index (χ2n) is 7.14. The van der Waals surface area contributed by atoms with Gasteiger partial charge >= 0.3 is 6.09 Å². The largest absolute Gasteiger partial charge is 0.444 e. The van der Waals surface area contributed by atoms with E-state index in [0.717, 1.165) is 25.8 Å². The number of aliphatic hydroxyl groups is 1. The van der Waals surface area contributed by atoms with Gasteiger partial charge in [0.05, 0.1) is 18.8 Å². The number of aliphatic hydroxyl groups excluding tert-OH is 1. The van der Waals surface area contributed by atoms with E-state index in [4.69, 9.17) is 14.6 Å². The molecule has 1 heterocycles. The lowest BCUT2D eigenvalue weighted by molar-refractivity contribution is -0.105. The third kappa shape index (κ3) is 5.83. The fraction of sp³-hybridized carbons (Fsp3) is 0.938. The Morgan fingerprint density at radius 2 is 2.10 bits per heavy atom. The lowest BCUT2D eigenvalue weighted by Gasteiger charge is -2.42. The van der Waals surface area contributed by atoms with Crippen LogP contribution in [0.25, 0.3) is 0 Å². The Bertz CT molecular complexity index is 340. The molecule has 5 nitrogen and oxygen atoms in total. The van der Waals surface area contributed by atoms with Gasteiger partial charge < -0.3 is 19.5 Å². The molecule has 1 aliphatic rings. The van der Waals surface area contributed by atoms with Crippen LogP contribution in [0.4, 0.5) is 4.79 Å². The smallest absolute Gasteiger partial charge is 0.410 e. The van der Waals surface area contributed by atoms with Crippen LogP contribution in [0.2, 0.25) is 0 Å². The van der Waals surface area contributed by atoms with E-state index >= 15 is 0 Å². The fourth-order valence-corrected chi connectivity index (χ4v) is 2.46. The number of carbonyl (C=O) groups excluding carboxylic acids is 1. The summed E-state index contributed by atoms with van der Waals surface area (Å²) >= 11 is 0. The van der Waals surface area contributed by atoms with Crippen LogP contribution in [0, 0.1) is 5.92 Å². The van der Waals surface area contributed by atoms with Crippen molar-refractivity contribution in [2.45, 2.75) is 65.1 Å². The molecule has 1 saturated heterocycles. The van der Waals surface area contributed by atoms with E-state index in [-0.39, 0.29) is 24.2 Å². The third-order valence-electron chi connectivity index (χ3n) is 3.82. The van der Waals surface area contributed by atoms with Gasteiger partial charge in [0, 0.05) is 19.1 Å². The second kappa shape index (κ2) is 7.45. The van der Waals surface area contributed by atoms with Crippen molar-refractivity contribution in [3.63, 3.8) is 0 Å². The molecule has 21 heavy (non-hydrogen) atoms. The Balaban J connectivity index is 2.64. The predicted octanol–water partition coefficient (Wildman–Crippen LogP) is 2.81. The van der Waals surface area contributed by atoms with E-state index in [1.165, 1.54) is 0 Å². The standard InChI is InChI=1S/C16H31NO4/c1-6-16(20-11-13(2)10-18)8-7-9-17(12-16)14(19)21-15(3,4)5/h13,18H,6-12H2,1-5H3. The quantitative estimate of drug-likeness (QED) is 0.848. The number of carbonyl (C=O) groups is 1. The highest BCUT2D eigenvalue weighted by molar-refractivity contribution is 5.68. The number of likely N-dealkylation sites (tertiary alicyclic amines) is 1. The first-order chi connectivity index (χ1) is 9.71. The molecular formula is C16H31NO4. The summed E-state index contributed by atoms with van der Waals surface area (Å²) in [6, 6.07) is 0. The molecule has 0 aromatic rings. The van der Waals surface area contributed by atoms with Gasteiger partial charge in [-0.25, -0.2) is 4.79 Å². The molecule has 1 N–H and O–H groups in total. The van der Waals surface area contributed by atoms with Crippen molar-refractivity contribution in [3.05, 3.63) is 0 Å². The second-order valence-corrected chi connectivity index (χ2v) is 7.14. The molecule has 0 saturated carbocycles. The SMILES string of the molecule is CCC1(OCC(C)CO)CCCN(C(=O)OC(C)(C)C)C1. The van der Waals surface area contributed by atoms with Gasteiger partial charge in [0.2, 0.25) is 0 Å². The van der Waals surface area contributed by atoms with Crippen molar-refractivity contribution in [1.82, 2.24) is 4.90 Å². The molecule has 1 aliphatic heterocycles. The summed E-state index contributed by atoms with van der Waals surface area (Å²) in [7, 11) is 0. The molecule has 0 bridgehead atoms. The van der Waals surface area contributed by atoms with Crippen molar-refractivity contribution in [1.29, 1.82) is 0 Å². The first-order valence-corrected chi connectivity index (χ1v) is 7.94. The molecule has 1 fully saturated rings. The zero-order valence-corrected chi connectivity index (χ0v) is 14.1. The van der Waals surface area contributed by atoms with E-state index in [0.29, 0.717) is 13.2 Å². The van der Waals surface area contributed by atoms with Gasteiger partial charge in [-0.2, -0.15) is 0 Å². The third-order valence-corrected chi connectivity index (χ3v) is 3.82. The van der Waals surface area contributed by atoms with Crippen molar-refractivity contribution < 1.29 is 19.4 Å². The first-order valence-electron chi connectivity index (χ1n) is 7.94. The van der Waals surface area contributed by atoms with Gasteiger partial charge in [0.15, 0.2) is 0 Å². The van der Waals surface area contributed by atoms with Gasteiger partial charge in [-0.3, -0.25) is 0 Å². The summed E-state index contributed by atoms with van der Waals surface area (Å²) in [5.41, 5.74) is -0.783. The number of ether oxygens (including phenoxy) is 2. The lowest BCUT2D eigenvalue weighted by Crippen LogP contribution is -2.53. The van der Waals surface area contributed by atoms with Crippen LogP contribution in [0.3, 0.4) is 0 Å². The van der Waals surface area contributed by atoms with Crippen LogP contribution in [0.15, 0.2) is 0 Å². The van der Waals surface area contributed by atoms with Crippen LogP contribution >= 0.6 is 0 Å². The van der Waals surface area contributed by atoms with Crippen LogP contribution in [0.1, 0.15) is 53.9 Å². The number of piperidine rings is 1. The minimum absolute atomic E-state index is 0.116. The highest BCUT2D eigenvalue weighted by atomic mass is 16.6. The summed E-state index contributed by atoms with van der Waals surface area (Å²) < 4.78 is 11.5. The number of rotatable bonds is 5. The Kier molecular flexibility index (Phi) is 6.47. The maximum absolute atomic E-state index is 12.2. The minimum Gasteiger partial charge on any atom is -0.444 e. The molecule has 124 valence electrons. The maximum Gasteiger partial charge on any atom is 0.410 e. The number of hydrogen-bond acceptors (Lipinski definition) is 4. The Morgan fingerprint density at radius 1 is 1.43 bits per heavy atom. The van der Waals surface area contributed by atoms with Crippen molar-refractivity contribution in [2.75, 3.05) is 26.3 Å². The number of amides is 1. The molecule has 2 unspecified atom stereocenters. The van der Waals surface area contributed by atoms with Crippen LogP contribution < -0.4 is 0 Å². The zero-order chi connectivity index (χ0) is 16.1. The minimum atomic E-state index is -0.477. The average molecular weight is 301 g/mol. The Morgan fingerprint density at radius 3 is 2.62 bits per heavy atom. The van der Waals surface area contributed by atoms with Crippen molar-refractivity contribution in [2.24, 2.45) is 5.92 Å². The molecule has 2 atom stereocenters. The molecule has 1 amide bonds. The Hall–Kier alpha value is -0.810. The van der Waals surface area contributed by atoms with E-state index in [2.05, 4.69) is 6.92 Å². The van der Waals surface area contributed by atoms with Gasteiger partial charge in [0.1, 0.15) is 5.60 Å². The monoisotopic (exact) mass is 301 g/mol. The summed E-state index contributed by atoms with van der Waals surface area (Å²) in [5.74, 6) is 0.116. The summed E-state index contributed by atoms with van der Waals surface area (Å²) in [6.45, 7) is 11.6. The van der Waals surface area contributed by atoms with Gasteiger partial charge in [0.25, 0.3) is 0 Å². The van der Waals surface area contributed by atoms with E-state index < -0.39 is 5.60 Å². The first kappa shape index (κ1) is 18.2. The molecule has 1 rings (SSSR count). The molecule has 0 aliphatic carbocycles. The molecule has 0 spiro atoms. The summed E-state index contributed by atoms with van der Waals surface area (Å²) in [6.07, 6.45) is 2.45. The predicted molar refractivity (Wildman–Crippen MR) is 82.3 cm³/mol. The maximum atomic E-state index is 12.2. The van der Waals surface area contributed by atoms with Gasteiger partial charge in [-0.1, -0.05) is 13.8 Å². The summed E-state index contributed by atoms with van der Waals surface area (Å²) in [4.78, 5) is 14.0. The molecule has 0 aromatic carbocycles. The molecule has 0 aromatic heterocycles. The van der Waals surface area contributed by atoms with Crippen molar-refractivity contribution in [3.8, 4) is 0 Å². The highest BCUT2D eigenvalue weighted by Gasteiger charge is 2.38. The molecular weight excluding hydrogens is 270 g/mol. The van der Waals surface area contributed by atoms with Gasteiger partial charge in [-0.05, 0) is 40.0 Å². The number of hydrogen-bond donors (Lipinski definition) is 1. The van der Waals surface area contributed by atoms with E-state index in [9.17, 15) is 4.79 Å².